The van der Waals surface area contributed by atoms with Crippen molar-refractivity contribution in [3.8, 4) is 11.6 Å². The van der Waals surface area contributed by atoms with Gasteiger partial charge in [0.2, 0.25) is 0 Å². The van der Waals surface area contributed by atoms with Gasteiger partial charge in [-0.2, -0.15) is 4.98 Å². The summed E-state index contributed by atoms with van der Waals surface area (Å²) in [6.45, 7) is 6.73. The second kappa shape index (κ2) is 9.67. The number of nitrogens with one attached hydrogen (secondary N) is 1. The van der Waals surface area contributed by atoms with E-state index < -0.39 is 17.2 Å². The van der Waals surface area contributed by atoms with E-state index in [0.717, 1.165) is 12.8 Å². The van der Waals surface area contributed by atoms with Crippen LogP contribution in [0.15, 0.2) is 50.8 Å². The number of carbonyl (C=O) groups is 1. The van der Waals surface area contributed by atoms with Crippen LogP contribution in [-0.4, -0.2) is 30.2 Å². The molecule has 0 spiro atoms. The molecule has 36 heavy (non-hydrogen) atoms. The largest absolute Gasteiger partial charge is 0.332 e. The van der Waals surface area contributed by atoms with Crippen LogP contribution in [0.1, 0.15) is 67.3 Å². The highest BCUT2D eigenvalue weighted by molar-refractivity contribution is 5.96. The summed E-state index contributed by atoms with van der Waals surface area (Å²) in [5.74, 6) is 0.478. The zero-order valence-corrected chi connectivity index (χ0v) is 20.5. The molecule has 0 atom stereocenters. The van der Waals surface area contributed by atoms with Gasteiger partial charge in [-0.3, -0.25) is 23.7 Å². The van der Waals surface area contributed by atoms with Crippen LogP contribution in [0.4, 0.5) is 0 Å². The zero-order chi connectivity index (χ0) is 25.3. The lowest BCUT2D eigenvalue weighted by molar-refractivity contribution is 0.0945. The molecule has 1 aliphatic heterocycles. The van der Waals surface area contributed by atoms with Gasteiger partial charge in [-0.25, -0.2) is 4.79 Å². The molecule has 1 fully saturated rings. The predicted molar refractivity (Wildman–Crippen MR) is 132 cm³/mol. The highest BCUT2D eigenvalue weighted by atomic mass is 16.5. The summed E-state index contributed by atoms with van der Waals surface area (Å²) in [7, 11) is 0. The molecule has 10 nitrogen and oxygen atoms in total. The lowest BCUT2D eigenvalue weighted by Crippen LogP contribution is -2.48. The Morgan fingerprint density at radius 3 is 2.67 bits per heavy atom. The Balaban J connectivity index is 1.30. The van der Waals surface area contributed by atoms with Crippen molar-refractivity contribution in [2.24, 2.45) is 5.41 Å². The first-order chi connectivity index (χ1) is 17.3. The third-order valence-corrected chi connectivity index (χ3v) is 7.07. The molecule has 2 aliphatic rings. The summed E-state index contributed by atoms with van der Waals surface area (Å²) in [5.41, 5.74) is 1.11. The highest BCUT2D eigenvalue weighted by Crippen LogP contribution is 2.48. The fourth-order valence-electron chi connectivity index (χ4n) is 4.69. The normalized spacial score (nSPS) is 16.0. The summed E-state index contributed by atoms with van der Waals surface area (Å²) < 4.78 is 8.04. The number of hydrogen-bond acceptors (Lipinski definition) is 7. The molecule has 0 saturated heterocycles. The van der Waals surface area contributed by atoms with Crippen molar-refractivity contribution in [1.29, 1.82) is 0 Å². The number of aryl methyl sites for hydroxylation is 1. The molecule has 3 aromatic rings. The second-order valence-electron chi connectivity index (χ2n) is 10.1. The molecular formula is C26H30N6O4. The van der Waals surface area contributed by atoms with E-state index in [1.54, 1.807) is 12.3 Å². The number of nitrogens with zero attached hydrogens (tertiary/aromatic N) is 5. The summed E-state index contributed by atoms with van der Waals surface area (Å²) >= 11 is 0. The highest BCUT2D eigenvalue weighted by Gasteiger charge is 2.36. The van der Waals surface area contributed by atoms with E-state index in [1.807, 2.05) is 12.1 Å². The van der Waals surface area contributed by atoms with E-state index in [2.05, 4.69) is 33.9 Å². The third-order valence-electron chi connectivity index (χ3n) is 7.07. The van der Waals surface area contributed by atoms with Crippen LogP contribution in [0, 0.1) is 5.41 Å². The number of aromatic nitrogens is 5. The van der Waals surface area contributed by atoms with Crippen molar-refractivity contribution in [2.75, 3.05) is 0 Å². The van der Waals surface area contributed by atoms with E-state index in [0.29, 0.717) is 59.9 Å². The molecule has 4 heterocycles. The SMILES string of the molecule is C=C1Cc2c(n(CCCC3(C)CC3)c(=O)n(CCCCc3noc(-c4ccccn4)n3)c2=O)C(=O)N1. The smallest absolute Gasteiger partial charge is 0.331 e. The van der Waals surface area contributed by atoms with Gasteiger partial charge < -0.3 is 9.84 Å². The van der Waals surface area contributed by atoms with Crippen molar-refractivity contribution < 1.29 is 9.32 Å². The maximum Gasteiger partial charge on any atom is 0.331 e. The Morgan fingerprint density at radius 2 is 1.92 bits per heavy atom. The molecule has 1 aliphatic carbocycles. The zero-order valence-electron chi connectivity index (χ0n) is 20.5. The average molecular weight is 491 g/mol. The van der Waals surface area contributed by atoms with Crippen molar-refractivity contribution in [1.82, 2.24) is 29.6 Å². The van der Waals surface area contributed by atoms with Gasteiger partial charge in [-0.05, 0) is 56.1 Å². The number of hydrogen-bond donors (Lipinski definition) is 1. The van der Waals surface area contributed by atoms with Crippen molar-refractivity contribution >= 4 is 5.91 Å². The van der Waals surface area contributed by atoms with Crippen LogP contribution in [0.3, 0.4) is 0 Å². The average Bonchev–Trinajstić information content (AvgIpc) is 3.40. The second-order valence-corrected chi connectivity index (χ2v) is 10.1. The van der Waals surface area contributed by atoms with Gasteiger partial charge >= 0.3 is 5.69 Å². The summed E-state index contributed by atoms with van der Waals surface area (Å²) in [6.07, 6.45) is 7.85. The number of amides is 1. The van der Waals surface area contributed by atoms with E-state index >= 15 is 0 Å². The van der Waals surface area contributed by atoms with Gasteiger partial charge in [-0.1, -0.05) is 24.7 Å². The number of carbonyl (C=O) groups excluding carboxylic acids is 1. The maximum atomic E-state index is 13.4. The lowest BCUT2D eigenvalue weighted by Gasteiger charge is -2.23. The fraction of sp³-hybridized carbons (Fsp3) is 0.462. The number of allylic oxidation sites excluding steroid dienone is 1. The monoisotopic (exact) mass is 490 g/mol. The molecule has 1 amide bonds. The first-order valence-corrected chi connectivity index (χ1v) is 12.4. The number of unbranched alkanes of at least 4 members (excludes halogenated alkanes) is 1. The van der Waals surface area contributed by atoms with Gasteiger partial charge in [-0.15, -0.1) is 0 Å². The Hall–Kier alpha value is -3.82. The Labute approximate surface area is 208 Å². The first-order valence-electron chi connectivity index (χ1n) is 12.4. The van der Waals surface area contributed by atoms with Crippen LogP contribution in [-0.2, 0) is 25.9 Å². The van der Waals surface area contributed by atoms with E-state index in [1.165, 1.54) is 22.0 Å². The van der Waals surface area contributed by atoms with Crippen molar-refractivity contribution in [3.63, 3.8) is 0 Å². The summed E-state index contributed by atoms with van der Waals surface area (Å²) in [6, 6.07) is 5.46. The predicted octanol–water partition coefficient (Wildman–Crippen LogP) is 2.86. The van der Waals surface area contributed by atoms with Crippen LogP contribution < -0.4 is 16.6 Å². The molecule has 1 saturated carbocycles. The summed E-state index contributed by atoms with van der Waals surface area (Å²) in [5, 5.41) is 6.69. The lowest BCUT2D eigenvalue weighted by atomic mass is 10.0. The van der Waals surface area contributed by atoms with Crippen LogP contribution in [0.5, 0.6) is 0 Å². The molecule has 1 N–H and O–H groups in total. The van der Waals surface area contributed by atoms with E-state index in [9.17, 15) is 14.4 Å². The van der Waals surface area contributed by atoms with E-state index in [-0.39, 0.29) is 18.7 Å². The topological polar surface area (TPSA) is 125 Å². The first kappa shape index (κ1) is 23.9. The minimum Gasteiger partial charge on any atom is -0.332 e. The molecule has 0 bridgehead atoms. The van der Waals surface area contributed by atoms with Crippen molar-refractivity contribution in [2.45, 2.75) is 71.4 Å². The molecule has 0 aromatic carbocycles. The van der Waals surface area contributed by atoms with Gasteiger partial charge in [0.05, 0.1) is 5.56 Å². The minimum absolute atomic E-state index is 0.184. The van der Waals surface area contributed by atoms with Crippen molar-refractivity contribution in [3.05, 3.63) is 74.6 Å². The van der Waals surface area contributed by atoms with Gasteiger partial charge in [0.15, 0.2) is 5.82 Å². The van der Waals surface area contributed by atoms with Crippen LogP contribution in [0.2, 0.25) is 0 Å². The Bertz CT molecular complexity index is 1410. The minimum atomic E-state index is -0.431. The molecule has 0 unspecified atom stereocenters. The molecule has 10 heteroatoms. The molecule has 5 rings (SSSR count). The quantitative estimate of drug-likeness (QED) is 0.433. The number of fused-ring (bicyclic) bond motifs is 1. The summed E-state index contributed by atoms with van der Waals surface area (Å²) in [4.78, 5) is 47.9. The van der Waals surface area contributed by atoms with Gasteiger partial charge in [0, 0.05) is 37.8 Å². The molecule has 0 radical (unpaired) electrons. The fourth-order valence-corrected chi connectivity index (χ4v) is 4.69. The molecule has 188 valence electrons. The van der Waals surface area contributed by atoms with Crippen LogP contribution >= 0.6 is 0 Å². The van der Waals surface area contributed by atoms with E-state index in [4.69, 9.17) is 4.52 Å². The Kier molecular flexibility index (Phi) is 6.42. The Morgan fingerprint density at radius 1 is 1.11 bits per heavy atom. The maximum absolute atomic E-state index is 13.4. The standard InChI is InChI=1S/C26H30N6O4/c1-17-16-18-21(22(33)28-17)31(15-7-10-26(2)11-12-26)25(35)32(24(18)34)14-6-4-9-20-29-23(36-30-20)19-8-3-5-13-27-19/h3,5,8,13H,1,4,6-7,9-12,14-16H2,2H3,(H,28,33). The van der Waals surface area contributed by atoms with Gasteiger partial charge in [0.25, 0.3) is 17.4 Å². The third kappa shape index (κ3) is 4.93. The number of pyridine rings is 1. The van der Waals surface area contributed by atoms with Crippen LogP contribution in [0.25, 0.3) is 11.6 Å². The molecule has 3 aromatic heterocycles. The van der Waals surface area contributed by atoms with Gasteiger partial charge in [0.1, 0.15) is 11.4 Å². The number of rotatable bonds is 10. The molecular weight excluding hydrogens is 460 g/mol.